The standard InChI is InChI=1S/C16H32F3N4.3ClH.Ti/c1-21-10-4-8-20-9-5-11-22(2)14-7-15(16(17,18)19)23(3)13-6-12-21;;;;/h20H,4-14H2,1-3H3;3*1H;/q;;;;+3/p-3. The molecular weight excluding hydrogens is 459 g/mol. The molecule has 0 radical (unpaired) electrons. The minimum absolute atomic E-state index is 0. The molecule has 0 bridgehead atoms. The molecule has 162 valence electrons. The first-order valence-electron chi connectivity index (χ1n) is 8.77. The zero-order valence-electron chi connectivity index (χ0n) is 16.4. The van der Waals surface area contributed by atoms with Gasteiger partial charge in [-0.2, -0.15) is 0 Å². The van der Waals surface area contributed by atoms with Crippen molar-refractivity contribution in [1.82, 2.24) is 20.0 Å². The molecule has 11 heteroatoms. The number of halogens is 6. The summed E-state index contributed by atoms with van der Waals surface area (Å²) < 4.78 is 39.3. The average Bonchev–Trinajstić information content (AvgIpc) is 2.49. The van der Waals surface area contributed by atoms with Gasteiger partial charge in [-0.15, -0.1) is 0 Å². The number of rotatable bonds is 0. The quantitative estimate of drug-likeness (QED) is 0.340. The van der Waals surface area contributed by atoms with Crippen LogP contribution in [0.4, 0.5) is 13.2 Å². The van der Waals surface area contributed by atoms with Crippen LogP contribution in [0.15, 0.2) is 0 Å². The summed E-state index contributed by atoms with van der Waals surface area (Å²) in [6.07, 6.45) is -1.33. The molecule has 27 heavy (non-hydrogen) atoms. The second-order valence-corrected chi connectivity index (χ2v) is 8.24. The van der Waals surface area contributed by atoms with E-state index in [1.54, 1.807) is 7.05 Å². The Morgan fingerprint density at radius 1 is 0.778 bits per heavy atom. The fourth-order valence-electron chi connectivity index (χ4n) is 2.97. The summed E-state index contributed by atoms with van der Waals surface area (Å²) in [7, 11) is 5.57. The van der Waals surface area contributed by atoms with Gasteiger partial charge in [-0.05, 0) is 0 Å². The van der Waals surface area contributed by atoms with Gasteiger partial charge in [0.1, 0.15) is 0 Å². The first-order valence-corrected chi connectivity index (χ1v) is 9.55. The molecule has 1 N–H and O–H groups in total. The molecule has 1 heterocycles. The van der Waals surface area contributed by atoms with E-state index in [9.17, 15) is 13.2 Å². The van der Waals surface area contributed by atoms with Gasteiger partial charge in [-0.25, -0.2) is 0 Å². The van der Waals surface area contributed by atoms with Crippen LogP contribution in [-0.2, 0) is 20.4 Å². The fourth-order valence-corrected chi connectivity index (χ4v) is 3.32. The molecule has 0 spiro atoms. The van der Waals surface area contributed by atoms with Gasteiger partial charge in [0.2, 0.25) is 0 Å². The van der Waals surface area contributed by atoms with Gasteiger partial charge in [-0.3, -0.25) is 0 Å². The molecule has 0 amide bonds. The Balaban J connectivity index is -0.00000192. The Kier molecular flexibility index (Phi) is 19.4. The van der Waals surface area contributed by atoms with Crippen LogP contribution in [0.25, 0.3) is 0 Å². The monoisotopic (exact) mass is 490 g/mol. The summed E-state index contributed by atoms with van der Waals surface area (Å²) in [4.78, 5) is 5.72. The third-order valence-electron chi connectivity index (χ3n) is 4.80. The van der Waals surface area contributed by atoms with Crippen LogP contribution >= 0.6 is 0 Å². The Hall–Kier alpha value is 1.21. The van der Waals surface area contributed by atoms with Crippen molar-refractivity contribution >= 4 is 0 Å². The minimum Gasteiger partial charge on any atom is -1.00 e. The molecule has 0 saturated carbocycles. The van der Waals surface area contributed by atoms with E-state index in [1.807, 2.05) is 19.0 Å². The molecule has 0 aromatic rings. The molecular formula is C16H32Cl3F3N4Ti. The summed E-state index contributed by atoms with van der Waals surface area (Å²) in [5.74, 6) is 0. The number of alkyl halides is 3. The SMILES string of the molecule is CN1CCCNCCCN(C)CC[C]([Ti+3])(C(F)(F)F)N(C)CCC1.[Cl-].[Cl-].[Cl-]. The number of hydrogen-bond donors (Lipinski definition) is 1. The molecule has 1 aliphatic heterocycles. The van der Waals surface area contributed by atoms with Crippen molar-refractivity contribution in [2.75, 3.05) is 67.0 Å². The van der Waals surface area contributed by atoms with Crippen LogP contribution in [-0.4, -0.2) is 91.7 Å². The van der Waals surface area contributed by atoms with Gasteiger partial charge in [0.15, 0.2) is 0 Å². The van der Waals surface area contributed by atoms with Crippen LogP contribution in [0.1, 0.15) is 25.7 Å². The smallest absolute Gasteiger partial charge is 1.00 e. The first kappa shape index (κ1) is 32.9. The summed E-state index contributed by atoms with van der Waals surface area (Å²) in [6.45, 7) is 5.48. The molecule has 1 saturated heterocycles. The van der Waals surface area contributed by atoms with Crippen LogP contribution in [0.5, 0.6) is 0 Å². The molecule has 4 nitrogen and oxygen atoms in total. The van der Waals surface area contributed by atoms with Gasteiger partial charge < -0.3 is 37.2 Å². The van der Waals surface area contributed by atoms with E-state index >= 15 is 0 Å². The van der Waals surface area contributed by atoms with Crippen LogP contribution in [0, 0.1) is 0 Å². The molecule has 0 aromatic carbocycles. The van der Waals surface area contributed by atoms with Gasteiger partial charge in [-0.1, -0.05) is 0 Å². The van der Waals surface area contributed by atoms with E-state index in [1.165, 1.54) is 25.3 Å². The zero-order valence-corrected chi connectivity index (χ0v) is 20.2. The molecule has 1 fully saturated rings. The molecule has 0 aromatic heterocycles. The molecule has 1 rings (SSSR count). The van der Waals surface area contributed by atoms with E-state index in [2.05, 4.69) is 10.2 Å². The summed E-state index contributed by atoms with van der Waals surface area (Å²) >= 11 is 1.34. The number of hydrogen-bond acceptors (Lipinski definition) is 4. The second-order valence-electron chi connectivity index (χ2n) is 6.95. The number of nitrogens with zero attached hydrogens (tertiary/aromatic N) is 3. The van der Waals surface area contributed by atoms with Crippen LogP contribution in [0.2, 0.25) is 0 Å². The third-order valence-corrected chi connectivity index (χ3v) is 6.23. The maximum Gasteiger partial charge on any atom is -1.00 e. The Bertz CT molecular complexity index is 370. The van der Waals surface area contributed by atoms with E-state index in [0.29, 0.717) is 13.1 Å². The molecule has 1 aliphatic rings. The van der Waals surface area contributed by atoms with E-state index < -0.39 is 10.0 Å². The fraction of sp³-hybridized carbons (Fsp3) is 1.00. The van der Waals surface area contributed by atoms with Gasteiger partial charge >= 0.3 is 156 Å². The van der Waals surface area contributed by atoms with Gasteiger partial charge in [0, 0.05) is 0 Å². The van der Waals surface area contributed by atoms with Crippen molar-refractivity contribution in [3.63, 3.8) is 0 Å². The van der Waals surface area contributed by atoms with Crippen molar-refractivity contribution in [2.24, 2.45) is 0 Å². The van der Waals surface area contributed by atoms with Crippen molar-refractivity contribution < 1.29 is 70.8 Å². The summed E-state index contributed by atoms with van der Waals surface area (Å²) in [5, 5.41) is 3.41. The molecule has 1 atom stereocenters. The van der Waals surface area contributed by atoms with Gasteiger partial charge in [0.05, 0.1) is 0 Å². The predicted molar refractivity (Wildman–Crippen MR) is 87.7 cm³/mol. The Morgan fingerprint density at radius 2 is 1.22 bits per heavy atom. The van der Waals surface area contributed by atoms with Gasteiger partial charge in [0.25, 0.3) is 0 Å². The maximum atomic E-state index is 13.7. The first-order chi connectivity index (χ1) is 11.2. The molecule has 0 aliphatic carbocycles. The van der Waals surface area contributed by atoms with Crippen LogP contribution < -0.4 is 42.5 Å². The Morgan fingerprint density at radius 3 is 1.70 bits per heavy atom. The van der Waals surface area contributed by atoms with Crippen molar-refractivity contribution in [2.45, 2.75) is 35.7 Å². The van der Waals surface area contributed by atoms with E-state index in [-0.39, 0.29) is 43.6 Å². The van der Waals surface area contributed by atoms with Crippen LogP contribution in [0.3, 0.4) is 0 Å². The third kappa shape index (κ3) is 11.8. The summed E-state index contributed by atoms with van der Waals surface area (Å²) in [6, 6.07) is 0. The average molecular weight is 492 g/mol. The van der Waals surface area contributed by atoms with Crippen molar-refractivity contribution in [1.29, 1.82) is 0 Å². The van der Waals surface area contributed by atoms with Crippen molar-refractivity contribution in [3.8, 4) is 0 Å². The number of nitrogens with one attached hydrogen (secondary N) is 1. The maximum absolute atomic E-state index is 13.7. The Labute approximate surface area is 193 Å². The normalized spacial score (nSPS) is 26.4. The van der Waals surface area contributed by atoms with E-state index in [0.717, 1.165) is 52.0 Å². The van der Waals surface area contributed by atoms with Crippen molar-refractivity contribution in [3.05, 3.63) is 0 Å². The zero-order chi connectivity index (χ0) is 18.2. The second kappa shape index (κ2) is 16.0. The minimum atomic E-state index is -4.22. The topological polar surface area (TPSA) is 21.8 Å². The van der Waals surface area contributed by atoms with E-state index in [4.69, 9.17) is 0 Å². The predicted octanol–water partition coefficient (Wildman–Crippen LogP) is -7.24. The summed E-state index contributed by atoms with van der Waals surface area (Å²) in [5.41, 5.74) is 0. The largest absolute Gasteiger partial charge is 1.00 e. The molecule has 1 unspecified atom stereocenters.